The van der Waals surface area contributed by atoms with Crippen molar-refractivity contribution in [1.29, 1.82) is 0 Å². The molecule has 1 heterocycles. The fourth-order valence-corrected chi connectivity index (χ4v) is 2.75. The van der Waals surface area contributed by atoms with Gasteiger partial charge in [-0.05, 0) is 50.4 Å². The molecule has 3 heteroatoms. The van der Waals surface area contributed by atoms with Crippen molar-refractivity contribution in [3.63, 3.8) is 0 Å². The van der Waals surface area contributed by atoms with Crippen LogP contribution in [0.25, 0.3) is 0 Å². The summed E-state index contributed by atoms with van der Waals surface area (Å²) in [7, 11) is 0. The van der Waals surface area contributed by atoms with Gasteiger partial charge in [-0.1, -0.05) is 19.1 Å². The lowest BCUT2D eigenvalue weighted by molar-refractivity contribution is 0.495. The van der Waals surface area contributed by atoms with E-state index in [1.165, 1.54) is 16.0 Å². The van der Waals surface area contributed by atoms with Gasteiger partial charge in [-0.3, -0.25) is 0 Å². The van der Waals surface area contributed by atoms with Crippen molar-refractivity contribution in [2.45, 2.75) is 31.7 Å². The lowest BCUT2D eigenvalue weighted by Crippen LogP contribution is -2.22. The number of furan rings is 1. The second kappa shape index (κ2) is 6.31. The lowest BCUT2D eigenvalue weighted by atomic mass is 9.99. The van der Waals surface area contributed by atoms with Crippen LogP contribution in [-0.2, 0) is 0 Å². The van der Waals surface area contributed by atoms with Crippen LogP contribution >= 0.6 is 11.8 Å². The number of nitrogens with one attached hydrogen (secondary N) is 1. The molecule has 0 saturated heterocycles. The topological polar surface area (TPSA) is 25.2 Å². The summed E-state index contributed by atoms with van der Waals surface area (Å²) < 4.78 is 5.66. The molecule has 0 spiro atoms. The van der Waals surface area contributed by atoms with Crippen molar-refractivity contribution in [3.05, 3.63) is 53.0 Å². The number of benzene rings is 1. The highest BCUT2D eigenvalue weighted by molar-refractivity contribution is 7.98. The fraction of sp³-hybridized carbons (Fsp3) is 0.375. The first-order valence-electron chi connectivity index (χ1n) is 6.60. The zero-order valence-corrected chi connectivity index (χ0v) is 12.8. The molecule has 1 unspecified atom stereocenters. The van der Waals surface area contributed by atoms with E-state index in [0.29, 0.717) is 0 Å². The Hall–Kier alpha value is -1.19. The molecule has 1 atom stereocenters. The molecule has 0 aliphatic heterocycles. The van der Waals surface area contributed by atoms with E-state index < -0.39 is 0 Å². The molecule has 0 amide bonds. The summed E-state index contributed by atoms with van der Waals surface area (Å²) in [6, 6.07) is 11.1. The fourth-order valence-electron chi connectivity index (χ4n) is 2.34. The molecule has 0 fully saturated rings. The van der Waals surface area contributed by atoms with E-state index in [4.69, 9.17) is 4.42 Å². The van der Waals surface area contributed by atoms with Crippen molar-refractivity contribution in [3.8, 4) is 0 Å². The zero-order valence-electron chi connectivity index (χ0n) is 12.0. The maximum atomic E-state index is 5.66. The van der Waals surface area contributed by atoms with Gasteiger partial charge in [-0.25, -0.2) is 0 Å². The van der Waals surface area contributed by atoms with Crippen LogP contribution < -0.4 is 5.32 Å². The van der Waals surface area contributed by atoms with Crippen molar-refractivity contribution in [2.75, 3.05) is 12.8 Å². The van der Waals surface area contributed by atoms with E-state index in [0.717, 1.165) is 18.1 Å². The summed E-state index contributed by atoms with van der Waals surface area (Å²) in [5, 5.41) is 3.54. The van der Waals surface area contributed by atoms with Gasteiger partial charge in [0.15, 0.2) is 0 Å². The van der Waals surface area contributed by atoms with Crippen LogP contribution in [-0.4, -0.2) is 12.8 Å². The van der Waals surface area contributed by atoms with Crippen molar-refractivity contribution in [1.82, 2.24) is 5.32 Å². The largest absolute Gasteiger partial charge is 0.466 e. The first-order valence-corrected chi connectivity index (χ1v) is 7.82. The van der Waals surface area contributed by atoms with E-state index in [1.807, 2.05) is 13.8 Å². The Morgan fingerprint density at radius 1 is 1.21 bits per heavy atom. The van der Waals surface area contributed by atoms with E-state index in [1.54, 1.807) is 11.8 Å². The van der Waals surface area contributed by atoms with Crippen LogP contribution in [0, 0.1) is 13.8 Å². The summed E-state index contributed by atoms with van der Waals surface area (Å²) in [4.78, 5) is 1.29. The van der Waals surface area contributed by atoms with Crippen LogP contribution in [0.1, 0.15) is 35.6 Å². The predicted octanol–water partition coefficient (Wildman–Crippen LogP) is 4.32. The minimum Gasteiger partial charge on any atom is -0.466 e. The van der Waals surface area contributed by atoms with E-state index in [2.05, 4.69) is 48.8 Å². The highest BCUT2D eigenvalue weighted by Gasteiger charge is 2.18. The van der Waals surface area contributed by atoms with Gasteiger partial charge in [-0.15, -0.1) is 11.8 Å². The summed E-state index contributed by atoms with van der Waals surface area (Å²) in [5.74, 6) is 1.97. The smallest absolute Gasteiger partial charge is 0.106 e. The first-order chi connectivity index (χ1) is 9.15. The molecular weight excluding hydrogens is 254 g/mol. The monoisotopic (exact) mass is 275 g/mol. The molecule has 0 bridgehead atoms. The van der Waals surface area contributed by atoms with Gasteiger partial charge in [0.2, 0.25) is 0 Å². The minimum atomic E-state index is 0.207. The number of hydrogen-bond donors (Lipinski definition) is 1. The highest BCUT2D eigenvalue weighted by Crippen LogP contribution is 2.28. The quantitative estimate of drug-likeness (QED) is 0.823. The minimum absolute atomic E-state index is 0.207. The first kappa shape index (κ1) is 14.2. The zero-order chi connectivity index (χ0) is 13.8. The van der Waals surface area contributed by atoms with E-state index in [-0.39, 0.29) is 6.04 Å². The molecule has 102 valence electrons. The average molecular weight is 275 g/mol. The Kier molecular flexibility index (Phi) is 4.72. The molecule has 0 aliphatic rings. The van der Waals surface area contributed by atoms with Gasteiger partial charge < -0.3 is 9.73 Å². The Morgan fingerprint density at radius 2 is 1.89 bits per heavy atom. The highest BCUT2D eigenvalue weighted by atomic mass is 32.2. The molecule has 0 aliphatic carbocycles. The average Bonchev–Trinajstić information content (AvgIpc) is 2.75. The summed E-state index contributed by atoms with van der Waals surface area (Å²) in [6.45, 7) is 7.09. The van der Waals surface area contributed by atoms with Gasteiger partial charge in [0.1, 0.15) is 11.5 Å². The third-order valence-corrected chi connectivity index (χ3v) is 3.99. The molecule has 2 rings (SSSR count). The SMILES string of the molecule is CCNC(c1ccc(SC)cc1)c1cc(C)oc1C. The normalized spacial score (nSPS) is 12.6. The molecular formula is C16H21NOS. The van der Waals surface area contributed by atoms with Crippen LogP contribution in [0.3, 0.4) is 0 Å². The molecule has 0 radical (unpaired) electrons. The lowest BCUT2D eigenvalue weighted by Gasteiger charge is -2.18. The van der Waals surface area contributed by atoms with Gasteiger partial charge in [0, 0.05) is 10.5 Å². The molecule has 1 N–H and O–H groups in total. The number of rotatable bonds is 5. The predicted molar refractivity (Wildman–Crippen MR) is 81.9 cm³/mol. The Morgan fingerprint density at radius 3 is 2.37 bits per heavy atom. The second-order valence-electron chi connectivity index (χ2n) is 4.63. The van der Waals surface area contributed by atoms with Gasteiger partial charge >= 0.3 is 0 Å². The molecule has 1 aromatic carbocycles. The van der Waals surface area contributed by atoms with Crippen LogP contribution in [0.15, 0.2) is 39.6 Å². The number of thioether (sulfide) groups is 1. The molecule has 19 heavy (non-hydrogen) atoms. The van der Waals surface area contributed by atoms with Gasteiger partial charge in [0.25, 0.3) is 0 Å². The standard InChI is InChI=1S/C16H21NOS/c1-5-17-16(15-10-11(2)18-12(15)3)13-6-8-14(19-4)9-7-13/h6-10,16-17H,5H2,1-4H3. The van der Waals surface area contributed by atoms with E-state index in [9.17, 15) is 0 Å². The molecule has 2 nitrogen and oxygen atoms in total. The second-order valence-corrected chi connectivity index (χ2v) is 5.51. The van der Waals surface area contributed by atoms with Crippen LogP contribution in [0.2, 0.25) is 0 Å². The van der Waals surface area contributed by atoms with Crippen LogP contribution in [0.5, 0.6) is 0 Å². The third kappa shape index (κ3) is 3.23. The molecule has 1 aromatic heterocycles. The van der Waals surface area contributed by atoms with Crippen LogP contribution in [0.4, 0.5) is 0 Å². The van der Waals surface area contributed by atoms with E-state index >= 15 is 0 Å². The Bertz CT molecular complexity index is 530. The molecule has 2 aromatic rings. The van der Waals surface area contributed by atoms with Crippen molar-refractivity contribution in [2.24, 2.45) is 0 Å². The third-order valence-electron chi connectivity index (χ3n) is 3.25. The Labute approximate surface area is 119 Å². The number of hydrogen-bond acceptors (Lipinski definition) is 3. The summed E-state index contributed by atoms with van der Waals surface area (Å²) in [5.41, 5.74) is 2.51. The van der Waals surface area contributed by atoms with Crippen molar-refractivity contribution >= 4 is 11.8 Å². The maximum Gasteiger partial charge on any atom is 0.106 e. The van der Waals surface area contributed by atoms with Crippen molar-refractivity contribution < 1.29 is 4.42 Å². The molecule has 0 saturated carbocycles. The summed E-state index contributed by atoms with van der Waals surface area (Å²) in [6.07, 6.45) is 2.10. The number of aryl methyl sites for hydroxylation is 2. The Balaban J connectivity index is 2.36. The maximum absolute atomic E-state index is 5.66. The summed E-state index contributed by atoms with van der Waals surface area (Å²) >= 11 is 1.77. The van der Waals surface area contributed by atoms with Gasteiger partial charge in [-0.2, -0.15) is 0 Å². The van der Waals surface area contributed by atoms with Gasteiger partial charge in [0.05, 0.1) is 6.04 Å².